The molecule has 0 fully saturated rings. The molecule has 0 heterocycles. The maximum absolute atomic E-state index is 2.32. The third-order valence-electron chi connectivity index (χ3n) is 2.29. The van der Waals surface area contributed by atoms with E-state index in [1.54, 1.807) is 0 Å². The van der Waals surface area contributed by atoms with Crippen molar-refractivity contribution in [1.29, 1.82) is 0 Å². The van der Waals surface area contributed by atoms with Crippen molar-refractivity contribution in [2.45, 2.75) is 46.5 Å². The highest BCUT2D eigenvalue weighted by atomic mass is 31.1. The fraction of sp³-hybridized carbons (Fsp3) is 1.00. The van der Waals surface area contributed by atoms with E-state index in [2.05, 4.69) is 20.8 Å². The molecule has 68 valence electrons. The largest absolute Gasteiger partial charge is 0.122 e. The molecular formula is C10H23P. The first-order valence-electron chi connectivity index (χ1n) is 5.05. The van der Waals surface area contributed by atoms with Gasteiger partial charge in [0.1, 0.15) is 0 Å². The first-order valence-corrected chi connectivity index (χ1v) is 6.47. The summed E-state index contributed by atoms with van der Waals surface area (Å²) < 4.78 is 0. The van der Waals surface area contributed by atoms with E-state index in [9.17, 15) is 0 Å². The Kier molecular flexibility index (Phi) is 8.86. The molecule has 0 aromatic rings. The summed E-state index contributed by atoms with van der Waals surface area (Å²) in [6.07, 6.45) is 8.56. The minimum Gasteiger partial charge on any atom is -0.122 e. The van der Waals surface area contributed by atoms with Crippen LogP contribution in [0.4, 0.5) is 0 Å². The van der Waals surface area contributed by atoms with E-state index in [-0.39, 0.29) is 0 Å². The highest BCUT2D eigenvalue weighted by molar-refractivity contribution is 7.37. The van der Waals surface area contributed by atoms with Gasteiger partial charge in [-0.3, -0.25) is 0 Å². The molecule has 1 unspecified atom stereocenters. The average molecular weight is 174 g/mol. The average Bonchev–Trinajstić information content (AvgIpc) is 2.05. The van der Waals surface area contributed by atoms with Gasteiger partial charge >= 0.3 is 0 Å². The number of unbranched alkanes of at least 4 members (excludes halogenated alkanes) is 1. The van der Waals surface area contributed by atoms with Crippen LogP contribution in [0, 0.1) is 5.92 Å². The van der Waals surface area contributed by atoms with Crippen LogP contribution in [-0.2, 0) is 0 Å². The zero-order chi connectivity index (χ0) is 8.53. The van der Waals surface area contributed by atoms with Gasteiger partial charge in [-0.2, -0.15) is 0 Å². The first kappa shape index (κ1) is 11.4. The van der Waals surface area contributed by atoms with Crippen molar-refractivity contribution in [3.05, 3.63) is 0 Å². The van der Waals surface area contributed by atoms with Crippen LogP contribution < -0.4 is 0 Å². The fourth-order valence-corrected chi connectivity index (χ4v) is 2.98. The zero-order valence-corrected chi connectivity index (χ0v) is 9.32. The summed E-state index contributed by atoms with van der Waals surface area (Å²) in [7, 11) is 1.23. The monoisotopic (exact) mass is 174 g/mol. The lowest BCUT2D eigenvalue weighted by Gasteiger charge is -2.10. The van der Waals surface area contributed by atoms with Crippen molar-refractivity contribution in [3.63, 3.8) is 0 Å². The van der Waals surface area contributed by atoms with Crippen LogP contribution in [0.5, 0.6) is 0 Å². The van der Waals surface area contributed by atoms with E-state index in [1.165, 1.54) is 46.6 Å². The molecular weight excluding hydrogens is 151 g/mol. The lowest BCUT2D eigenvalue weighted by molar-refractivity contribution is 0.552. The second kappa shape index (κ2) is 8.53. The minimum absolute atomic E-state index is 1.02. The Morgan fingerprint density at radius 3 is 2.18 bits per heavy atom. The van der Waals surface area contributed by atoms with Gasteiger partial charge in [0, 0.05) is 0 Å². The summed E-state index contributed by atoms with van der Waals surface area (Å²) in [6.45, 7) is 6.92. The van der Waals surface area contributed by atoms with Gasteiger partial charge in [-0.15, -0.1) is 8.58 Å². The Balaban J connectivity index is 3.07. The van der Waals surface area contributed by atoms with Gasteiger partial charge in [0.25, 0.3) is 0 Å². The topological polar surface area (TPSA) is 0 Å². The van der Waals surface area contributed by atoms with Crippen LogP contribution in [0.3, 0.4) is 0 Å². The molecule has 0 aromatic carbocycles. The molecule has 0 rings (SSSR count). The third-order valence-corrected chi connectivity index (χ3v) is 3.87. The number of hydrogen-bond acceptors (Lipinski definition) is 0. The van der Waals surface area contributed by atoms with Crippen molar-refractivity contribution in [3.8, 4) is 0 Å². The lowest BCUT2D eigenvalue weighted by Crippen LogP contribution is -1.99. The SMILES string of the molecule is CCCCPCC(CC)CC. The minimum atomic E-state index is 1.02. The van der Waals surface area contributed by atoms with E-state index >= 15 is 0 Å². The highest BCUT2D eigenvalue weighted by Crippen LogP contribution is 2.21. The molecule has 0 bridgehead atoms. The van der Waals surface area contributed by atoms with E-state index in [1.807, 2.05) is 0 Å². The van der Waals surface area contributed by atoms with E-state index in [4.69, 9.17) is 0 Å². The Bertz CT molecular complexity index is 67.3. The Morgan fingerprint density at radius 2 is 1.73 bits per heavy atom. The molecule has 0 aliphatic carbocycles. The zero-order valence-electron chi connectivity index (χ0n) is 8.32. The van der Waals surface area contributed by atoms with E-state index < -0.39 is 0 Å². The van der Waals surface area contributed by atoms with Crippen LogP contribution >= 0.6 is 8.58 Å². The molecule has 0 aromatic heterocycles. The number of hydrogen-bond donors (Lipinski definition) is 0. The summed E-state index contributed by atoms with van der Waals surface area (Å²) in [5.74, 6) is 1.02. The van der Waals surface area contributed by atoms with Crippen molar-refractivity contribution in [2.75, 3.05) is 12.3 Å². The lowest BCUT2D eigenvalue weighted by atomic mass is 10.1. The Hall–Kier alpha value is 0.430. The summed E-state index contributed by atoms with van der Waals surface area (Å²) >= 11 is 0. The Morgan fingerprint density at radius 1 is 1.09 bits per heavy atom. The predicted octanol–water partition coefficient (Wildman–Crippen LogP) is 3.90. The van der Waals surface area contributed by atoms with Crippen LogP contribution in [-0.4, -0.2) is 12.3 Å². The van der Waals surface area contributed by atoms with Crippen LogP contribution in [0.1, 0.15) is 46.5 Å². The van der Waals surface area contributed by atoms with Gasteiger partial charge in [-0.05, 0) is 24.7 Å². The van der Waals surface area contributed by atoms with Crippen LogP contribution in [0.15, 0.2) is 0 Å². The van der Waals surface area contributed by atoms with Crippen molar-refractivity contribution in [2.24, 2.45) is 5.92 Å². The number of rotatable bonds is 7. The second-order valence-corrected chi connectivity index (χ2v) is 4.65. The molecule has 0 aliphatic rings. The molecule has 0 nitrogen and oxygen atoms in total. The standard InChI is InChI=1S/C10H23P/c1-4-7-8-11-9-10(5-2)6-3/h10-11H,4-9H2,1-3H3. The van der Waals surface area contributed by atoms with Gasteiger partial charge in [0.15, 0.2) is 0 Å². The molecule has 0 saturated heterocycles. The second-order valence-electron chi connectivity index (χ2n) is 3.24. The smallest absolute Gasteiger partial charge is 0.0325 e. The predicted molar refractivity (Wildman–Crippen MR) is 57.0 cm³/mol. The quantitative estimate of drug-likeness (QED) is 0.405. The first-order chi connectivity index (χ1) is 5.35. The van der Waals surface area contributed by atoms with Gasteiger partial charge < -0.3 is 0 Å². The Labute approximate surface area is 73.9 Å². The molecule has 0 amide bonds. The summed E-state index contributed by atoms with van der Waals surface area (Å²) in [5.41, 5.74) is 0. The highest BCUT2D eigenvalue weighted by Gasteiger charge is 2.01. The summed E-state index contributed by atoms with van der Waals surface area (Å²) in [6, 6.07) is 0. The molecule has 0 spiro atoms. The molecule has 0 aliphatic heterocycles. The molecule has 1 atom stereocenters. The maximum Gasteiger partial charge on any atom is -0.0325 e. The van der Waals surface area contributed by atoms with Gasteiger partial charge in [-0.1, -0.05) is 40.0 Å². The van der Waals surface area contributed by atoms with E-state index in [0.717, 1.165) is 5.92 Å². The van der Waals surface area contributed by atoms with Crippen LogP contribution in [0.2, 0.25) is 0 Å². The van der Waals surface area contributed by atoms with Crippen molar-refractivity contribution >= 4 is 8.58 Å². The van der Waals surface area contributed by atoms with Gasteiger partial charge in [0.05, 0.1) is 0 Å². The summed E-state index contributed by atoms with van der Waals surface area (Å²) in [4.78, 5) is 0. The van der Waals surface area contributed by atoms with Crippen molar-refractivity contribution in [1.82, 2.24) is 0 Å². The molecule has 11 heavy (non-hydrogen) atoms. The van der Waals surface area contributed by atoms with Gasteiger partial charge in [-0.25, -0.2) is 0 Å². The molecule has 0 saturated carbocycles. The maximum atomic E-state index is 2.32. The van der Waals surface area contributed by atoms with E-state index in [0.29, 0.717) is 0 Å². The molecule has 0 radical (unpaired) electrons. The fourth-order valence-electron chi connectivity index (χ4n) is 1.19. The van der Waals surface area contributed by atoms with Crippen LogP contribution in [0.25, 0.3) is 0 Å². The summed E-state index contributed by atoms with van der Waals surface area (Å²) in [5, 5.41) is 0. The molecule has 0 N–H and O–H groups in total. The van der Waals surface area contributed by atoms with Gasteiger partial charge in [0.2, 0.25) is 0 Å². The normalized spacial score (nSPS) is 12.0. The molecule has 1 heteroatoms. The van der Waals surface area contributed by atoms with Crippen molar-refractivity contribution < 1.29 is 0 Å². The third kappa shape index (κ3) is 6.81.